The summed E-state index contributed by atoms with van der Waals surface area (Å²) in [4.78, 5) is 12.4. The number of anilines is 1. The maximum atomic E-state index is 4.80. The smallest absolute Gasteiger partial charge is 0.180 e. The molecule has 1 aromatic carbocycles. The first kappa shape index (κ1) is 13.8. The first-order valence-corrected chi connectivity index (χ1v) is 7.86. The highest BCUT2D eigenvalue weighted by Gasteiger charge is 2.10. The topological polar surface area (TPSA) is 58.0 Å². The van der Waals surface area contributed by atoms with Crippen molar-refractivity contribution in [3.05, 3.63) is 49.1 Å². The van der Waals surface area contributed by atoms with Gasteiger partial charge in [-0.3, -0.25) is 0 Å². The van der Waals surface area contributed by atoms with E-state index in [1.54, 1.807) is 6.20 Å². The summed E-state index contributed by atoms with van der Waals surface area (Å²) in [6, 6.07) is 8.41. The molecule has 23 heavy (non-hydrogen) atoms. The number of hydrogen-bond acceptors (Lipinski definition) is 3. The minimum atomic E-state index is 0.548. The van der Waals surface area contributed by atoms with Crippen molar-refractivity contribution in [2.24, 2.45) is 5.92 Å². The van der Waals surface area contributed by atoms with Crippen LogP contribution in [-0.2, 0) is 0 Å². The molecule has 0 radical (unpaired) electrons. The van der Waals surface area contributed by atoms with Crippen LogP contribution in [0.5, 0.6) is 0 Å². The number of rotatable bonds is 4. The summed E-state index contributed by atoms with van der Waals surface area (Å²) in [5, 5.41) is 4.60. The van der Waals surface area contributed by atoms with Gasteiger partial charge in [-0.1, -0.05) is 19.9 Å². The molecule has 0 unspecified atom stereocenters. The number of benzene rings is 1. The van der Waals surface area contributed by atoms with Crippen molar-refractivity contribution in [3.8, 4) is 11.3 Å². The largest absolute Gasteiger partial charge is 0.367 e. The Labute approximate surface area is 134 Å². The van der Waals surface area contributed by atoms with Gasteiger partial charge < -0.3 is 14.7 Å². The van der Waals surface area contributed by atoms with Crippen molar-refractivity contribution < 1.29 is 0 Å². The van der Waals surface area contributed by atoms with E-state index in [1.165, 1.54) is 5.39 Å². The lowest BCUT2D eigenvalue weighted by Crippen LogP contribution is -2.11. The van der Waals surface area contributed by atoms with Gasteiger partial charge in [-0.25, -0.2) is 9.97 Å². The summed E-state index contributed by atoms with van der Waals surface area (Å²) in [7, 11) is 0. The molecule has 4 rings (SSSR count). The number of aromatic nitrogens is 4. The molecule has 0 atom stereocenters. The Bertz CT molecular complexity index is 964. The lowest BCUT2D eigenvalue weighted by molar-refractivity contribution is 0.687. The second-order valence-corrected chi connectivity index (χ2v) is 6.19. The summed E-state index contributed by atoms with van der Waals surface area (Å²) < 4.78 is 2.02. The van der Waals surface area contributed by atoms with E-state index in [4.69, 9.17) is 4.98 Å². The number of nitrogens with zero attached hydrogens (tertiary/aromatic N) is 3. The highest BCUT2D eigenvalue weighted by Crippen LogP contribution is 2.25. The fourth-order valence-corrected chi connectivity index (χ4v) is 2.70. The van der Waals surface area contributed by atoms with E-state index in [2.05, 4.69) is 53.4 Å². The van der Waals surface area contributed by atoms with Crippen LogP contribution in [-0.4, -0.2) is 25.9 Å². The van der Waals surface area contributed by atoms with Crippen LogP contribution in [0, 0.1) is 5.92 Å². The van der Waals surface area contributed by atoms with E-state index in [0.29, 0.717) is 5.92 Å². The normalized spacial score (nSPS) is 11.6. The van der Waals surface area contributed by atoms with Gasteiger partial charge in [-0.15, -0.1) is 0 Å². The van der Waals surface area contributed by atoms with Crippen LogP contribution in [0.1, 0.15) is 13.8 Å². The molecule has 0 saturated carbocycles. The summed E-state index contributed by atoms with van der Waals surface area (Å²) in [6.45, 7) is 5.23. The maximum Gasteiger partial charge on any atom is 0.180 e. The molecule has 0 amide bonds. The Kier molecular flexibility index (Phi) is 3.26. The molecule has 116 valence electrons. The van der Waals surface area contributed by atoms with Gasteiger partial charge in [0.1, 0.15) is 0 Å². The number of aromatic amines is 1. The van der Waals surface area contributed by atoms with Crippen molar-refractivity contribution in [1.29, 1.82) is 0 Å². The molecular formula is C18H19N5. The van der Waals surface area contributed by atoms with Gasteiger partial charge >= 0.3 is 0 Å². The summed E-state index contributed by atoms with van der Waals surface area (Å²) in [5.41, 5.74) is 4.03. The van der Waals surface area contributed by atoms with E-state index < -0.39 is 0 Å². The lowest BCUT2D eigenvalue weighted by Gasteiger charge is -2.11. The highest BCUT2D eigenvalue weighted by atomic mass is 15.1. The van der Waals surface area contributed by atoms with E-state index >= 15 is 0 Å². The van der Waals surface area contributed by atoms with Crippen LogP contribution in [0.25, 0.3) is 27.8 Å². The van der Waals surface area contributed by atoms with Crippen LogP contribution < -0.4 is 5.32 Å². The third kappa shape index (κ3) is 2.54. The van der Waals surface area contributed by atoms with Crippen LogP contribution in [0.4, 0.5) is 5.82 Å². The first-order chi connectivity index (χ1) is 11.2. The Morgan fingerprint density at radius 2 is 2.17 bits per heavy atom. The van der Waals surface area contributed by atoms with Crippen molar-refractivity contribution in [2.75, 3.05) is 11.9 Å². The van der Waals surface area contributed by atoms with Crippen molar-refractivity contribution in [3.63, 3.8) is 0 Å². The molecule has 0 fully saturated rings. The average Bonchev–Trinajstić information content (AvgIpc) is 3.20. The molecule has 0 aliphatic rings. The van der Waals surface area contributed by atoms with E-state index in [-0.39, 0.29) is 0 Å². The van der Waals surface area contributed by atoms with Gasteiger partial charge in [0.05, 0.1) is 5.69 Å². The molecular weight excluding hydrogens is 286 g/mol. The number of imidazole rings is 1. The number of hydrogen-bond donors (Lipinski definition) is 2. The number of H-pyrrole nitrogens is 1. The molecule has 0 bridgehead atoms. The summed E-state index contributed by atoms with van der Waals surface area (Å²) >= 11 is 0. The van der Waals surface area contributed by atoms with Crippen molar-refractivity contribution in [1.82, 2.24) is 19.4 Å². The average molecular weight is 305 g/mol. The standard InChI is InChI=1S/C18H19N5/c1-12(2)10-21-17-18-20-7-8-23(18)11-16(22-17)13-3-4-15-14(9-13)5-6-19-15/h3-9,11-12,19H,10H2,1-2H3,(H,21,22). The third-order valence-corrected chi connectivity index (χ3v) is 3.90. The van der Waals surface area contributed by atoms with E-state index in [1.807, 2.05) is 23.0 Å². The van der Waals surface area contributed by atoms with Gasteiger partial charge in [-0.2, -0.15) is 0 Å². The van der Waals surface area contributed by atoms with E-state index in [9.17, 15) is 0 Å². The zero-order valence-corrected chi connectivity index (χ0v) is 13.2. The zero-order valence-electron chi connectivity index (χ0n) is 13.2. The Hall–Kier alpha value is -2.82. The maximum absolute atomic E-state index is 4.80. The third-order valence-electron chi connectivity index (χ3n) is 3.90. The SMILES string of the molecule is CC(C)CNc1nc(-c2ccc3[nH]ccc3c2)cn2ccnc12. The number of fused-ring (bicyclic) bond motifs is 2. The molecule has 0 aliphatic carbocycles. The Morgan fingerprint density at radius 3 is 3.04 bits per heavy atom. The van der Waals surface area contributed by atoms with Crippen LogP contribution >= 0.6 is 0 Å². The number of nitrogens with one attached hydrogen (secondary N) is 2. The van der Waals surface area contributed by atoms with Crippen LogP contribution in [0.15, 0.2) is 49.1 Å². The predicted molar refractivity (Wildman–Crippen MR) is 93.6 cm³/mol. The fraction of sp³-hybridized carbons (Fsp3) is 0.222. The van der Waals surface area contributed by atoms with Crippen LogP contribution in [0.2, 0.25) is 0 Å². The monoisotopic (exact) mass is 305 g/mol. The van der Waals surface area contributed by atoms with Gasteiger partial charge in [0.2, 0.25) is 0 Å². The molecule has 3 heterocycles. The Balaban J connectivity index is 1.82. The molecule has 0 spiro atoms. The molecule has 2 N–H and O–H groups in total. The highest BCUT2D eigenvalue weighted by molar-refractivity contribution is 5.84. The minimum Gasteiger partial charge on any atom is -0.367 e. The second kappa shape index (κ2) is 5.43. The van der Waals surface area contributed by atoms with Gasteiger partial charge in [0.25, 0.3) is 0 Å². The quantitative estimate of drug-likeness (QED) is 0.600. The lowest BCUT2D eigenvalue weighted by atomic mass is 10.1. The van der Waals surface area contributed by atoms with Crippen molar-refractivity contribution >= 4 is 22.4 Å². The first-order valence-electron chi connectivity index (χ1n) is 7.86. The zero-order chi connectivity index (χ0) is 15.8. The second-order valence-electron chi connectivity index (χ2n) is 6.19. The van der Waals surface area contributed by atoms with Crippen LogP contribution in [0.3, 0.4) is 0 Å². The molecule has 5 nitrogen and oxygen atoms in total. The minimum absolute atomic E-state index is 0.548. The molecule has 3 aromatic heterocycles. The van der Waals surface area contributed by atoms with Gasteiger partial charge in [-0.05, 0) is 24.1 Å². The Morgan fingerprint density at radius 1 is 1.26 bits per heavy atom. The molecule has 0 aliphatic heterocycles. The van der Waals surface area contributed by atoms with E-state index in [0.717, 1.165) is 34.8 Å². The summed E-state index contributed by atoms with van der Waals surface area (Å²) in [6.07, 6.45) is 7.74. The molecule has 4 aromatic rings. The predicted octanol–water partition coefficient (Wildman–Crippen LogP) is 3.95. The van der Waals surface area contributed by atoms with Crippen molar-refractivity contribution in [2.45, 2.75) is 13.8 Å². The fourth-order valence-electron chi connectivity index (χ4n) is 2.70. The molecule has 5 heteroatoms. The van der Waals surface area contributed by atoms with Gasteiger partial charge in [0.15, 0.2) is 11.5 Å². The molecule has 0 saturated heterocycles. The van der Waals surface area contributed by atoms with Gasteiger partial charge in [0, 0.05) is 47.8 Å². The summed E-state index contributed by atoms with van der Waals surface area (Å²) in [5.74, 6) is 1.38.